The monoisotopic (exact) mass is 311 g/mol. The van der Waals surface area contributed by atoms with Crippen molar-refractivity contribution in [3.05, 3.63) is 22.2 Å². The fourth-order valence-electron chi connectivity index (χ4n) is 2.58. The van der Waals surface area contributed by atoms with Crippen LogP contribution in [0.2, 0.25) is 0 Å². The summed E-state index contributed by atoms with van der Waals surface area (Å²) in [5.41, 5.74) is 6.88. The molecule has 1 atom stereocenters. The molecule has 1 aromatic carbocycles. The van der Waals surface area contributed by atoms with Crippen molar-refractivity contribution in [2.24, 2.45) is 5.73 Å². The molecule has 0 radical (unpaired) electrons. The van der Waals surface area contributed by atoms with Crippen LogP contribution in [0, 0.1) is 0 Å². The molecule has 1 fully saturated rings. The lowest BCUT2D eigenvalue weighted by atomic mass is 9.91. The zero-order chi connectivity index (χ0) is 12.8. The summed E-state index contributed by atoms with van der Waals surface area (Å²) in [5, 5.41) is 0. The van der Waals surface area contributed by atoms with E-state index in [2.05, 4.69) is 28.9 Å². The van der Waals surface area contributed by atoms with Gasteiger partial charge in [0.05, 0.1) is 0 Å². The van der Waals surface area contributed by atoms with Crippen LogP contribution in [0.25, 0.3) is 0 Å². The highest BCUT2D eigenvalue weighted by Crippen LogP contribution is 2.50. The van der Waals surface area contributed by atoms with Crippen molar-refractivity contribution in [2.75, 3.05) is 6.54 Å². The summed E-state index contributed by atoms with van der Waals surface area (Å²) < 4.78 is 13.0. The Morgan fingerprint density at radius 1 is 1.33 bits per heavy atom. The van der Waals surface area contributed by atoms with E-state index in [4.69, 9.17) is 15.2 Å². The van der Waals surface area contributed by atoms with Gasteiger partial charge < -0.3 is 15.2 Å². The highest BCUT2D eigenvalue weighted by Gasteiger charge is 2.47. The van der Waals surface area contributed by atoms with Crippen molar-refractivity contribution in [2.45, 2.75) is 44.3 Å². The molecule has 1 unspecified atom stereocenters. The number of benzene rings is 1. The van der Waals surface area contributed by atoms with Crippen LogP contribution in [-0.4, -0.2) is 12.3 Å². The number of hydrogen-bond acceptors (Lipinski definition) is 3. The molecule has 2 aliphatic rings. The fourth-order valence-corrected chi connectivity index (χ4v) is 3.30. The summed E-state index contributed by atoms with van der Waals surface area (Å²) in [4.78, 5) is 0. The molecule has 1 heterocycles. The summed E-state index contributed by atoms with van der Waals surface area (Å²) in [6.07, 6.45) is 4.15. The smallest absolute Gasteiger partial charge is 0.251 e. The van der Waals surface area contributed by atoms with Crippen molar-refractivity contribution in [3.63, 3.8) is 0 Å². The van der Waals surface area contributed by atoms with E-state index >= 15 is 0 Å². The number of ether oxygens (including phenoxy) is 2. The molecular formula is C14H18BrNO2. The second-order valence-electron chi connectivity index (χ2n) is 5.27. The van der Waals surface area contributed by atoms with Gasteiger partial charge in [-0.1, -0.05) is 22.9 Å². The highest BCUT2D eigenvalue weighted by molar-refractivity contribution is 9.10. The van der Waals surface area contributed by atoms with Crippen LogP contribution in [0.5, 0.6) is 11.5 Å². The van der Waals surface area contributed by atoms with E-state index < -0.39 is 0 Å². The van der Waals surface area contributed by atoms with Crippen LogP contribution in [0.1, 0.15) is 44.1 Å². The van der Waals surface area contributed by atoms with E-state index in [1.807, 2.05) is 6.07 Å². The largest absolute Gasteiger partial charge is 0.448 e. The van der Waals surface area contributed by atoms with Gasteiger partial charge in [0.15, 0.2) is 11.5 Å². The zero-order valence-corrected chi connectivity index (χ0v) is 12.1. The van der Waals surface area contributed by atoms with Gasteiger partial charge in [-0.05, 0) is 43.0 Å². The SMILES string of the molecule is CC(CCN)c1cc2c(cc1Br)OC1(CCC1)O2. The summed E-state index contributed by atoms with van der Waals surface area (Å²) in [6.45, 7) is 2.89. The maximum Gasteiger partial charge on any atom is 0.251 e. The molecule has 4 heteroatoms. The van der Waals surface area contributed by atoms with Gasteiger partial charge in [-0.25, -0.2) is 0 Å². The quantitative estimate of drug-likeness (QED) is 0.928. The standard InChI is InChI=1S/C14H18BrNO2/c1-9(3-6-16)10-7-12-13(8-11(10)15)18-14(17-12)4-2-5-14/h7-9H,2-6,16H2,1H3. The summed E-state index contributed by atoms with van der Waals surface area (Å²) in [5.74, 6) is 1.83. The Morgan fingerprint density at radius 3 is 2.56 bits per heavy atom. The van der Waals surface area contributed by atoms with E-state index in [9.17, 15) is 0 Å². The molecule has 1 saturated carbocycles. The van der Waals surface area contributed by atoms with Crippen molar-refractivity contribution in [1.82, 2.24) is 0 Å². The molecular weight excluding hydrogens is 294 g/mol. The van der Waals surface area contributed by atoms with Crippen molar-refractivity contribution >= 4 is 15.9 Å². The molecule has 2 N–H and O–H groups in total. The lowest BCUT2D eigenvalue weighted by Gasteiger charge is -2.35. The Balaban J connectivity index is 1.89. The highest BCUT2D eigenvalue weighted by atomic mass is 79.9. The first-order chi connectivity index (χ1) is 8.63. The second-order valence-corrected chi connectivity index (χ2v) is 6.12. The van der Waals surface area contributed by atoms with Crippen molar-refractivity contribution in [3.8, 4) is 11.5 Å². The van der Waals surface area contributed by atoms with Gasteiger partial charge in [0, 0.05) is 17.3 Å². The summed E-state index contributed by atoms with van der Waals surface area (Å²) in [7, 11) is 0. The first kappa shape index (κ1) is 12.3. The second kappa shape index (κ2) is 4.42. The number of hydrogen-bond donors (Lipinski definition) is 1. The Labute approximate surface area is 116 Å². The first-order valence-corrected chi connectivity index (χ1v) is 7.34. The Bertz CT molecular complexity index is 471. The third-order valence-electron chi connectivity index (χ3n) is 3.90. The molecule has 0 amide bonds. The number of nitrogens with two attached hydrogens (primary N) is 1. The van der Waals surface area contributed by atoms with Gasteiger partial charge in [0.2, 0.25) is 0 Å². The Kier molecular flexibility index (Phi) is 3.02. The molecule has 98 valence electrons. The van der Waals surface area contributed by atoms with Gasteiger partial charge in [0.25, 0.3) is 5.79 Å². The Morgan fingerprint density at radius 2 is 2.00 bits per heavy atom. The van der Waals surface area contributed by atoms with Gasteiger partial charge >= 0.3 is 0 Å². The van der Waals surface area contributed by atoms with E-state index in [1.165, 1.54) is 12.0 Å². The third kappa shape index (κ3) is 1.91. The van der Waals surface area contributed by atoms with E-state index in [-0.39, 0.29) is 5.79 Å². The van der Waals surface area contributed by atoms with E-state index in [0.29, 0.717) is 12.5 Å². The van der Waals surface area contributed by atoms with E-state index in [1.54, 1.807) is 0 Å². The van der Waals surface area contributed by atoms with Crippen LogP contribution in [0.4, 0.5) is 0 Å². The minimum absolute atomic E-state index is 0.350. The van der Waals surface area contributed by atoms with Gasteiger partial charge in [0.1, 0.15) is 0 Å². The number of fused-ring (bicyclic) bond motifs is 1. The molecule has 0 saturated heterocycles. The molecule has 0 aromatic heterocycles. The van der Waals surface area contributed by atoms with Gasteiger partial charge in [-0.15, -0.1) is 0 Å². The Hall–Kier alpha value is -0.740. The molecule has 1 aliphatic carbocycles. The molecule has 1 aromatic rings. The molecule has 1 spiro atoms. The summed E-state index contributed by atoms with van der Waals surface area (Å²) in [6, 6.07) is 4.14. The maximum absolute atomic E-state index is 5.98. The number of rotatable bonds is 3. The molecule has 0 bridgehead atoms. The number of halogens is 1. The van der Waals surface area contributed by atoms with Gasteiger partial charge in [-0.2, -0.15) is 0 Å². The minimum atomic E-state index is -0.350. The maximum atomic E-state index is 5.98. The van der Waals surface area contributed by atoms with Crippen LogP contribution >= 0.6 is 15.9 Å². The third-order valence-corrected chi connectivity index (χ3v) is 4.59. The van der Waals surface area contributed by atoms with Crippen LogP contribution in [0.3, 0.4) is 0 Å². The normalized spacial score (nSPS) is 20.8. The van der Waals surface area contributed by atoms with Crippen LogP contribution < -0.4 is 15.2 Å². The van der Waals surface area contributed by atoms with Crippen LogP contribution in [0.15, 0.2) is 16.6 Å². The minimum Gasteiger partial charge on any atom is -0.448 e. The van der Waals surface area contributed by atoms with E-state index in [0.717, 1.165) is 35.2 Å². The fraction of sp³-hybridized carbons (Fsp3) is 0.571. The predicted octanol–water partition coefficient (Wildman–Crippen LogP) is 3.55. The predicted molar refractivity (Wildman–Crippen MR) is 74.1 cm³/mol. The van der Waals surface area contributed by atoms with Crippen molar-refractivity contribution < 1.29 is 9.47 Å². The summed E-state index contributed by atoms with van der Waals surface area (Å²) >= 11 is 3.62. The lowest BCUT2D eigenvalue weighted by Crippen LogP contribution is -2.45. The molecule has 18 heavy (non-hydrogen) atoms. The average Bonchev–Trinajstić information content (AvgIpc) is 2.66. The lowest BCUT2D eigenvalue weighted by molar-refractivity contribution is -0.138. The van der Waals surface area contributed by atoms with Gasteiger partial charge in [-0.3, -0.25) is 0 Å². The first-order valence-electron chi connectivity index (χ1n) is 6.55. The van der Waals surface area contributed by atoms with Crippen molar-refractivity contribution in [1.29, 1.82) is 0 Å². The molecule has 1 aliphatic heterocycles. The molecule has 3 rings (SSSR count). The topological polar surface area (TPSA) is 44.5 Å². The molecule has 3 nitrogen and oxygen atoms in total. The zero-order valence-electron chi connectivity index (χ0n) is 10.5. The van der Waals surface area contributed by atoms with Crippen LogP contribution in [-0.2, 0) is 0 Å². The average molecular weight is 312 g/mol.